The number of allylic oxidation sites excluding steroid dienone is 1. The third-order valence-corrected chi connectivity index (χ3v) is 5.41. The lowest BCUT2D eigenvalue weighted by Gasteiger charge is -2.07. The van der Waals surface area contributed by atoms with Crippen LogP contribution in [0.4, 0.5) is 0 Å². The van der Waals surface area contributed by atoms with E-state index in [0.717, 1.165) is 22.4 Å². The molecule has 29 heavy (non-hydrogen) atoms. The molecular formula is C21H18N6OS. The molecule has 0 aliphatic rings. The fraction of sp³-hybridized carbons (Fsp3) is 0.143. The van der Waals surface area contributed by atoms with Crippen LogP contribution in [-0.4, -0.2) is 35.6 Å². The quantitative estimate of drug-likeness (QED) is 0.281. The zero-order valence-corrected chi connectivity index (χ0v) is 16.5. The van der Waals surface area contributed by atoms with Crippen LogP contribution >= 0.6 is 11.8 Å². The van der Waals surface area contributed by atoms with Crippen LogP contribution in [0.3, 0.4) is 0 Å². The van der Waals surface area contributed by atoms with Gasteiger partial charge in [0.2, 0.25) is 0 Å². The largest absolute Gasteiger partial charge is 0.510 e. The Morgan fingerprint density at radius 1 is 1.14 bits per heavy atom. The molecule has 0 saturated carbocycles. The Labute approximate surface area is 171 Å². The summed E-state index contributed by atoms with van der Waals surface area (Å²) in [5.41, 5.74) is 2.66. The predicted molar refractivity (Wildman–Crippen MR) is 113 cm³/mol. The molecule has 0 saturated heterocycles. The number of aliphatic hydroxyl groups is 1. The number of aromatic nitrogens is 5. The number of fused-ring (bicyclic) bond motifs is 1. The van der Waals surface area contributed by atoms with Gasteiger partial charge in [-0.3, -0.25) is 0 Å². The molecule has 2 aromatic carbocycles. The Kier molecular flexibility index (Phi) is 5.31. The van der Waals surface area contributed by atoms with Crippen molar-refractivity contribution in [3.63, 3.8) is 0 Å². The van der Waals surface area contributed by atoms with Gasteiger partial charge in [-0.05, 0) is 19.1 Å². The second-order valence-corrected chi connectivity index (χ2v) is 7.18. The van der Waals surface area contributed by atoms with Gasteiger partial charge < -0.3 is 14.7 Å². The number of nitrogens with one attached hydrogen (secondary N) is 1. The number of aromatic amines is 1. The average molecular weight is 402 g/mol. The summed E-state index contributed by atoms with van der Waals surface area (Å²) in [4.78, 5) is 7.48. The van der Waals surface area contributed by atoms with E-state index in [1.807, 2.05) is 66.1 Å². The number of hydrogen-bond acceptors (Lipinski definition) is 6. The van der Waals surface area contributed by atoms with E-state index in [0.29, 0.717) is 17.5 Å². The highest BCUT2D eigenvalue weighted by molar-refractivity contribution is 7.99. The van der Waals surface area contributed by atoms with Crippen molar-refractivity contribution >= 4 is 28.4 Å². The van der Waals surface area contributed by atoms with Crippen LogP contribution in [0.25, 0.3) is 28.0 Å². The van der Waals surface area contributed by atoms with Crippen LogP contribution in [0.1, 0.15) is 12.7 Å². The molecular weight excluding hydrogens is 384 g/mol. The number of benzene rings is 2. The number of H-pyrrole nitrogens is 1. The zero-order valence-electron chi connectivity index (χ0n) is 15.7. The second kappa shape index (κ2) is 8.20. The highest BCUT2D eigenvalue weighted by Crippen LogP contribution is 2.27. The summed E-state index contributed by atoms with van der Waals surface area (Å²) in [6.07, 6.45) is 0. The van der Waals surface area contributed by atoms with Gasteiger partial charge in [-0.25, -0.2) is 4.98 Å². The standard InChI is InChI=1S/C21H18N6OS/c1-2-27-20(14-8-4-3-5-9-14)25-26-21(27)29-13-18(28)15(12-22)19-23-16-10-6-7-11-17(16)24-19/h3-11,28H,2,13H2,1H3,(H,23,24)/b18-15-. The number of nitriles is 1. The molecule has 2 N–H and O–H groups in total. The number of hydrogen-bond donors (Lipinski definition) is 2. The summed E-state index contributed by atoms with van der Waals surface area (Å²) < 4.78 is 1.99. The number of imidazole rings is 1. The normalized spacial score (nSPS) is 12.0. The van der Waals surface area contributed by atoms with Crippen molar-refractivity contribution in [2.45, 2.75) is 18.6 Å². The highest BCUT2D eigenvalue weighted by atomic mass is 32.2. The molecule has 2 heterocycles. The Hall–Kier alpha value is -3.57. The van der Waals surface area contributed by atoms with Crippen LogP contribution in [0, 0.1) is 11.3 Å². The second-order valence-electron chi connectivity index (χ2n) is 6.24. The molecule has 4 rings (SSSR count). The lowest BCUT2D eigenvalue weighted by molar-refractivity contribution is 0.420. The van der Waals surface area contributed by atoms with E-state index in [1.165, 1.54) is 11.8 Å². The number of rotatable bonds is 6. The third-order valence-electron chi connectivity index (χ3n) is 4.43. The van der Waals surface area contributed by atoms with Crippen molar-refractivity contribution in [2.24, 2.45) is 0 Å². The molecule has 0 unspecified atom stereocenters. The lowest BCUT2D eigenvalue weighted by Crippen LogP contribution is -2.01. The minimum Gasteiger partial charge on any atom is -0.510 e. The molecule has 4 aromatic rings. The molecule has 0 spiro atoms. The van der Waals surface area contributed by atoms with Crippen molar-refractivity contribution in [1.82, 2.24) is 24.7 Å². The van der Waals surface area contributed by atoms with Crippen molar-refractivity contribution in [3.8, 4) is 17.5 Å². The average Bonchev–Trinajstić information content (AvgIpc) is 3.37. The summed E-state index contributed by atoms with van der Waals surface area (Å²) in [5.74, 6) is 1.27. The van der Waals surface area contributed by atoms with Gasteiger partial charge in [0.15, 0.2) is 16.8 Å². The van der Waals surface area contributed by atoms with Crippen LogP contribution in [0.5, 0.6) is 0 Å². The van der Waals surface area contributed by atoms with Gasteiger partial charge in [-0.1, -0.05) is 54.2 Å². The molecule has 0 amide bonds. The van der Waals surface area contributed by atoms with Gasteiger partial charge in [0.1, 0.15) is 17.4 Å². The summed E-state index contributed by atoms with van der Waals surface area (Å²) in [6, 6.07) is 19.4. The Morgan fingerprint density at radius 2 is 1.90 bits per heavy atom. The molecule has 2 aromatic heterocycles. The first-order valence-electron chi connectivity index (χ1n) is 9.10. The van der Waals surface area contributed by atoms with Gasteiger partial charge in [0.05, 0.1) is 16.8 Å². The molecule has 144 valence electrons. The first kappa shape index (κ1) is 18.8. The Bertz CT molecular complexity index is 1190. The summed E-state index contributed by atoms with van der Waals surface area (Å²) in [7, 11) is 0. The minimum atomic E-state index is -0.0523. The molecule has 0 atom stereocenters. The smallest absolute Gasteiger partial charge is 0.191 e. The number of thioether (sulfide) groups is 1. The first-order valence-corrected chi connectivity index (χ1v) is 10.1. The van der Waals surface area contributed by atoms with Gasteiger partial charge in [0.25, 0.3) is 0 Å². The zero-order chi connectivity index (χ0) is 20.2. The fourth-order valence-corrected chi connectivity index (χ4v) is 3.89. The molecule has 0 bridgehead atoms. The SMILES string of the molecule is CCn1c(SC/C(O)=C(\C#N)c2nc3ccccc3[nH]2)nnc1-c1ccccc1. The maximum atomic E-state index is 10.6. The minimum absolute atomic E-state index is 0.0523. The molecule has 0 aliphatic carbocycles. The van der Waals surface area contributed by atoms with Gasteiger partial charge in [-0.15, -0.1) is 10.2 Å². The molecule has 7 nitrogen and oxygen atoms in total. The topological polar surface area (TPSA) is 103 Å². The fourth-order valence-electron chi connectivity index (χ4n) is 3.01. The van der Waals surface area contributed by atoms with Crippen LogP contribution in [-0.2, 0) is 6.54 Å². The molecule has 0 fully saturated rings. The highest BCUT2D eigenvalue weighted by Gasteiger charge is 2.17. The monoisotopic (exact) mass is 402 g/mol. The number of aliphatic hydroxyl groups excluding tert-OH is 1. The molecule has 8 heteroatoms. The summed E-state index contributed by atoms with van der Waals surface area (Å²) in [5, 5.41) is 29.4. The van der Waals surface area contributed by atoms with Crippen LogP contribution in [0.15, 0.2) is 65.5 Å². The maximum absolute atomic E-state index is 10.6. The van der Waals surface area contributed by atoms with E-state index < -0.39 is 0 Å². The first-order chi connectivity index (χ1) is 14.2. The predicted octanol–water partition coefficient (Wildman–Crippen LogP) is 4.43. The van der Waals surface area contributed by atoms with Gasteiger partial charge >= 0.3 is 0 Å². The van der Waals surface area contributed by atoms with E-state index in [1.54, 1.807) is 0 Å². The van der Waals surface area contributed by atoms with Gasteiger partial charge in [0, 0.05) is 12.1 Å². The van der Waals surface area contributed by atoms with Crippen molar-refractivity contribution in [2.75, 3.05) is 5.75 Å². The van der Waals surface area contributed by atoms with Crippen LogP contribution in [0.2, 0.25) is 0 Å². The number of nitrogens with zero attached hydrogens (tertiary/aromatic N) is 5. The lowest BCUT2D eigenvalue weighted by atomic mass is 10.2. The molecule has 0 radical (unpaired) electrons. The van der Waals surface area contributed by atoms with Crippen molar-refractivity contribution in [1.29, 1.82) is 5.26 Å². The van der Waals surface area contributed by atoms with E-state index >= 15 is 0 Å². The summed E-state index contributed by atoms with van der Waals surface area (Å²) in [6.45, 7) is 2.71. The maximum Gasteiger partial charge on any atom is 0.191 e. The Balaban J connectivity index is 1.59. The van der Waals surface area contributed by atoms with Crippen LogP contribution < -0.4 is 0 Å². The van der Waals surface area contributed by atoms with E-state index in [4.69, 9.17) is 0 Å². The van der Waals surface area contributed by atoms with Crippen molar-refractivity contribution < 1.29 is 5.11 Å². The van der Waals surface area contributed by atoms with E-state index in [2.05, 4.69) is 26.2 Å². The van der Waals surface area contributed by atoms with Crippen molar-refractivity contribution in [3.05, 3.63) is 66.2 Å². The van der Waals surface area contributed by atoms with Gasteiger partial charge in [-0.2, -0.15) is 5.26 Å². The Morgan fingerprint density at radius 3 is 2.62 bits per heavy atom. The third kappa shape index (κ3) is 3.73. The van der Waals surface area contributed by atoms with E-state index in [9.17, 15) is 10.4 Å². The summed E-state index contributed by atoms with van der Waals surface area (Å²) >= 11 is 1.33. The number of para-hydroxylation sites is 2. The molecule has 0 aliphatic heterocycles. The van der Waals surface area contributed by atoms with E-state index in [-0.39, 0.29) is 17.1 Å².